The highest BCUT2D eigenvalue weighted by Crippen LogP contribution is 2.16. The molecule has 8 heteroatoms. The molecule has 1 N–H and O–H groups in total. The van der Waals surface area contributed by atoms with E-state index in [4.69, 9.17) is 4.99 Å². The number of anilines is 1. The summed E-state index contributed by atoms with van der Waals surface area (Å²) in [6.07, 6.45) is 7.76. The quantitative estimate of drug-likeness (QED) is 0.647. The highest BCUT2D eigenvalue weighted by atomic mass is 16.1. The van der Waals surface area contributed by atoms with Gasteiger partial charge in [0.2, 0.25) is 5.95 Å². The number of carbonyl (C=O) groups is 1. The van der Waals surface area contributed by atoms with E-state index in [0.717, 1.165) is 49.7 Å². The maximum atomic E-state index is 11.9. The van der Waals surface area contributed by atoms with Crippen LogP contribution in [0.3, 0.4) is 0 Å². The van der Waals surface area contributed by atoms with Crippen LogP contribution in [0.2, 0.25) is 0 Å². The monoisotopic (exact) mass is 425 g/mol. The van der Waals surface area contributed by atoms with Gasteiger partial charge >= 0.3 is 0 Å². The van der Waals surface area contributed by atoms with Crippen LogP contribution >= 0.6 is 0 Å². The Morgan fingerprint density at radius 3 is 2.55 bits per heavy atom. The molecule has 1 atom stereocenters. The minimum atomic E-state index is -0.149. The van der Waals surface area contributed by atoms with Crippen LogP contribution in [0, 0.1) is 0 Å². The van der Waals surface area contributed by atoms with E-state index < -0.39 is 0 Å². The predicted molar refractivity (Wildman–Crippen MR) is 128 cm³/mol. The van der Waals surface area contributed by atoms with Crippen LogP contribution in [0.25, 0.3) is 0 Å². The van der Waals surface area contributed by atoms with Gasteiger partial charge in [0.05, 0.1) is 11.3 Å². The molecule has 0 aromatic carbocycles. The number of rotatable bonds is 8. The Hall–Kier alpha value is -2.87. The van der Waals surface area contributed by atoms with Gasteiger partial charge in [-0.25, -0.2) is 20.0 Å². The molecule has 8 nitrogen and oxygen atoms in total. The number of hydrogen-bond donors (Lipinski definition) is 1. The van der Waals surface area contributed by atoms with Crippen molar-refractivity contribution in [2.45, 2.75) is 47.1 Å². The molecule has 1 aliphatic rings. The van der Waals surface area contributed by atoms with Gasteiger partial charge in [-0.05, 0) is 52.7 Å². The van der Waals surface area contributed by atoms with Crippen LogP contribution < -0.4 is 10.2 Å². The summed E-state index contributed by atoms with van der Waals surface area (Å²) >= 11 is 0. The van der Waals surface area contributed by atoms with Gasteiger partial charge in [0, 0.05) is 57.4 Å². The largest absolute Gasteiger partial charge is 0.352 e. The van der Waals surface area contributed by atoms with Crippen molar-refractivity contribution in [1.82, 2.24) is 20.2 Å². The van der Waals surface area contributed by atoms with Gasteiger partial charge in [-0.15, -0.1) is 0 Å². The Kier molecular flexibility index (Phi) is 9.52. The van der Waals surface area contributed by atoms with Gasteiger partial charge in [-0.1, -0.05) is 6.58 Å². The van der Waals surface area contributed by atoms with Crippen molar-refractivity contribution in [3.8, 4) is 0 Å². The molecule has 168 valence electrons. The lowest BCUT2D eigenvalue weighted by atomic mass is 10.1. The van der Waals surface area contributed by atoms with E-state index in [2.05, 4.69) is 43.6 Å². The molecule has 1 saturated heterocycles. The lowest BCUT2D eigenvalue weighted by molar-refractivity contribution is 0.0955. The van der Waals surface area contributed by atoms with Crippen LogP contribution in [0.5, 0.6) is 0 Å². The maximum absolute atomic E-state index is 11.9. The summed E-state index contributed by atoms with van der Waals surface area (Å²) in [6, 6.07) is 0.125. The standard InChI is InChI=1S/C23H35N7O/c1-7-20(28-21(17(4)5)24-8-2)18(6)29-11-10-12-30(14-13-29)23-26-15-19(16-27-23)22(31)25-9-3/h7-8,15-16,18H,1,9-14H2,2-6H3,(H,25,31)/b24-8-,28-20+. The Labute approximate surface area is 185 Å². The molecule has 1 aromatic rings. The highest BCUT2D eigenvalue weighted by Gasteiger charge is 2.23. The van der Waals surface area contributed by atoms with Crippen molar-refractivity contribution >= 4 is 23.8 Å². The summed E-state index contributed by atoms with van der Waals surface area (Å²) < 4.78 is 0. The Morgan fingerprint density at radius 2 is 1.97 bits per heavy atom. The first-order valence-corrected chi connectivity index (χ1v) is 10.9. The smallest absolute Gasteiger partial charge is 0.254 e. The number of aromatic nitrogens is 2. The third-order valence-electron chi connectivity index (χ3n) is 5.17. The normalized spacial score (nSPS) is 16.7. The van der Waals surface area contributed by atoms with Crippen LogP contribution in [0.15, 0.2) is 46.4 Å². The van der Waals surface area contributed by atoms with E-state index in [0.29, 0.717) is 18.1 Å². The molecule has 1 amide bonds. The van der Waals surface area contributed by atoms with Crippen molar-refractivity contribution in [3.05, 3.63) is 42.0 Å². The summed E-state index contributed by atoms with van der Waals surface area (Å²) in [6.45, 7) is 18.0. The minimum Gasteiger partial charge on any atom is -0.352 e. The molecule has 1 unspecified atom stereocenters. The zero-order chi connectivity index (χ0) is 22.8. The van der Waals surface area contributed by atoms with Gasteiger partial charge in [0.25, 0.3) is 5.91 Å². The topological polar surface area (TPSA) is 86.1 Å². The van der Waals surface area contributed by atoms with Gasteiger partial charge < -0.3 is 10.2 Å². The van der Waals surface area contributed by atoms with E-state index in [1.165, 1.54) is 0 Å². The molecule has 0 bridgehead atoms. The molecular formula is C23H35N7O. The van der Waals surface area contributed by atoms with Crippen LogP contribution in [0.4, 0.5) is 5.95 Å². The number of hydrogen-bond acceptors (Lipinski definition) is 7. The summed E-state index contributed by atoms with van der Waals surface area (Å²) in [4.78, 5) is 34.5. The van der Waals surface area contributed by atoms with Crippen molar-refractivity contribution in [2.75, 3.05) is 37.6 Å². The van der Waals surface area contributed by atoms with E-state index in [1.807, 2.05) is 33.8 Å². The van der Waals surface area contributed by atoms with Gasteiger partial charge in [-0.2, -0.15) is 0 Å². The van der Waals surface area contributed by atoms with Crippen LogP contribution in [-0.2, 0) is 0 Å². The number of aliphatic imine (C=N–C) groups is 2. The first-order valence-electron chi connectivity index (χ1n) is 10.9. The predicted octanol–water partition coefficient (Wildman–Crippen LogP) is 3.10. The summed E-state index contributed by atoms with van der Waals surface area (Å²) in [5, 5.41) is 2.76. The maximum Gasteiger partial charge on any atom is 0.254 e. The molecule has 0 saturated carbocycles. The number of nitrogens with zero attached hydrogens (tertiary/aromatic N) is 6. The number of nitrogens with one attached hydrogen (secondary N) is 1. The number of amides is 1. The van der Waals surface area contributed by atoms with Gasteiger partial charge in [0.1, 0.15) is 5.82 Å². The van der Waals surface area contributed by atoms with E-state index in [-0.39, 0.29) is 11.9 Å². The summed E-state index contributed by atoms with van der Waals surface area (Å²) in [5.74, 6) is 1.25. The van der Waals surface area contributed by atoms with Crippen molar-refractivity contribution in [1.29, 1.82) is 0 Å². The molecule has 0 radical (unpaired) electrons. The number of allylic oxidation sites excluding steroid dienone is 1. The molecule has 1 fully saturated rings. The fourth-order valence-electron chi connectivity index (χ4n) is 3.40. The molecular weight excluding hydrogens is 390 g/mol. The fourth-order valence-corrected chi connectivity index (χ4v) is 3.40. The van der Waals surface area contributed by atoms with Crippen LogP contribution in [0.1, 0.15) is 51.4 Å². The molecule has 2 rings (SSSR count). The van der Waals surface area contributed by atoms with Gasteiger partial charge in [0.15, 0.2) is 0 Å². The van der Waals surface area contributed by atoms with Crippen LogP contribution in [-0.4, -0.2) is 71.5 Å². The molecule has 0 aliphatic carbocycles. The SMILES string of the molecule is C=C/C(=N\C(/N=C\C)=C(C)C)C(C)N1CCCN(c2ncc(C(=O)NCC)cn2)CC1. The Bertz CT molecular complexity index is 838. The lowest BCUT2D eigenvalue weighted by Crippen LogP contribution is -2.41. The average molecular weight is 426 g/mol. The lowest BCUT2D eigenvalue weighted by Gasteiger charge is -2.28. The second-order valence-electron chi connectivity index (χ2n) is 7.64. The Morgan fingerprint density at radius 1 is 1.26 bits per heavy atom. The molecule has 31 heavy (non-hydrogen) atoms. The third-order valence-corrected chi connectivity index (χ3v) is 5.17. The summed E-state index contributed by atoms with van der Waals surface area (Å²) in [7, 11) is 0. The van der Waals surface area contributed by atoms with Crippen molar-refractivity contribution < 1.29 is 4.79 Å². The molecule has 1 aromatic heterocycles. The average Bonchev–Trinajstić information content (AvgIpc) is 3.02. The van der Waals surface area contributed by atoms with Crippen molar-refractivity contribution in [2.24, 2.45) is 9.98 Å². The second-order valence-corrected chi connectivity index (χ2v) is 7.64. The minimum absolute atomic E-state index is 0.125. The first kappa shape index (κ1) is 24.4. The Balaban J connectivity index is 2.09. The van der Waals surface area contributed by atoms with E-state index in [1.54, 1.807) is 18.6 Å². The zero-order valence-corrected chi connectivity index (χ0v) is 19.4. The van der Waals surface area contributed by atoms with E-state index >= 15 is 0 Å². The van der Waals surface area contributed by atoms with Gasteiger partial charge in [-0.3, -0.25) is 9.69 Å². The molecule has 2 heterocycles. The highest BCUT2D eigenvalue weighted by molar-refractivity contribution is 5.99. The molecule has 1 aliphatic heterocycles. The zero-order valence-electron chi connectivity index (χ0n) is 19.4. The van der Waals surface area contributed by atoms with E-state index in [9.17, 15) is 4.79 Å². The third kappa shape index (κ3) is 6.82. The summed E-state index contributed by atoms with van der Waals surface area (Å²) in [5.41, 5.74) is 2.46. The first-order chi connectivity index (χ1) is 14.9. The second kappa shape index (κ2) is 12.1. The molecule has 0 spiro atoms. The van der Waals surface area contributed by atoms with Crippen molar-refractivity contribution in [3.63, 3.8) is 0 Å². The number of carbonyl (C=O) groups excluding carboxylic acids is 1. The fraction of sp³-hybridized carbons (Fsp3) is 0.522.